The number of anilines is 1. The molecule has 1 aromatic carbocycles. The van der Waals surface area contributed by atoms with Crippen LogP contribution in [-0.4, -0.2) is 26.9 Å². The summed E-state index contributed by atoms with van der Waals surface area (Å²) in [7, 11) is 1.69. The van der Waals surface area contributed by atoms with Crippen molar-refractivity contribution in [3.05, 3.63) is 70.5 Å². The van der Waals surface area contributed by atoms with Crippen LogP contribution in [0, 0.1) is 6.92 Å². The number of amides is 2. The lowest BCUT2D eigenvalue weighted by Gasteiger charge is -2.07. The van der Waals surface area contributed by atoms with Crippen molar-refractivity contribution >= 4 is 23.2 Å². The summed E-state index contributed by atoms with van der Waals surface area (Å²) in [4.78, 5) is 37.0. The van der Waals surface area contributed by atoms with Crippen LogP contribution in [0.3, 0.4) is 0 Å². The minimum atomic E-state index is -1.00. The molecule has 0 spiro atoms. The summed E-state index contributed by atoms with van der Waals surface area (Å²) in [5, 5.41) is 6.19. The van der Waals surface area contributed by atoms with E-state index in [1.165, 1.54) is 10.9 Å². The lowest BCUT2D eigenvalue weighted by atomic mass is 10.3. The standard InChI is InChI=1S/C19H19N5O4/c1-12(15-10-7-11-28-15)21-22-18(26)17(25)20-16-13(2)23(3)24(19(16)27)14-8-5-4-6-9-14/h4-11H,1-3H3,(H,20,25)(H,22,26)/b21-12-. The molecule has 0 fully saturated rings. The SMILES string of the molecule is C/C(=N/NC(=O)C(=O)Nc1c(C)n(C)n(-c2ccccc2)c1=O)c1ccco1. The number of nitrogens with one attached hydrogen (secondary N) is 2. The Morgan fingerprint density at radius 1 is 1.07 bits per heavy atom. The highest BCUT2D eigenvalue weighted by Crippen LogP contribution is 2.13. The van der Waals surface area contributed by atoms with Crippen molar-refractivity contribution in [2.24, 2.45) is 12.1 Å². The summed E-state index contributed by atoms with van der Waals surface area (Å²) in [5.41, 5.74) is 3.27. The lowest BCUT2D eigenvalue weighted by Crippen LogP contribution is -2.34. The maximum Gasteiger partial charge on any atom is 0.329 e. The first-order valence-electron chi connectivity index (χ1n) is 8.43. The van der Waals surface area contributed by atoms with Crippen LogP contribution in [0.4, 0.5) is 5.69 Å². The third kappa shape index (κ3) is 3.63. The second kappa shape index (κ2) is 7.78. The van der Waals surface area contributed by atoms with Crippen LogP contribution < -0.4 is 16.3 Å². The molecule has 0 aliphatic carbocycles. The van der Waals surface area contributed by atoms with Crippen LogP contribution in [0.25, 0.3) is 5.69 Å². The fourth-order valence-electron chi connectivity index (χ4n) is 2.61. The van der Waals surface area contributed by atoms with Gasteiger partial charge < -0.3 is 9.73 Å². The maximum absolute atomic E-state index is 12.7. The molecular weight excluding hydrogens is 362 g/mol. The van der Waals surface area contributed by atoms with Gasteiger partial charge in [-0.3, -0.25) is 19.1 Å². The molecule has 3 aromatic rings. The molecule has 0 atom stereocenters. The van der Waals surface area contributed by atoms with Crippen molar-refractivity contribution < 1.29 is 14.0 Å². The number of hydrogen-bond donors (Lipinski definition) is 2. The first kappa shape index (κ1) is 18.9. The summed E-state index contributed by atoms with van der Waals surface area (Å²) in [6.45, 7) is 3.30. The highest BCUT2D eigenvalue weighted by molar-refractivity contribution is 6.39. The zero-order valence-corrected chi connectivity index (χ0v) is 15.6. The van der Waals surface area contributed by atoms with E-state index in [1.807, 2.05) is 6.07 Å². The predicted molar refractivity (Wildman–Crippen MR) is 103 cm³/mol. The van der Waals surface area contributed by atoms with Crippen molar-refractivity contribution in [1.29, 1.82) is 0 Å². The molecule has 2 amide bonds. The van der Waals surface area contributed by atoms with Crippen LogP contribution >= 0.6 is 0 Å². The Hall–Kier alpha value is -3.88. The Labute approximate surface area is 160 Å². The Balaban J connectivity index is 1.78. The van der Waals surface area contributed by atoms with Gasteiger partial charge in [0.05, 0.1) is 17.6 Å². The van der Waals surface area contributed by atoms with Crippen molar-refractivity contribution in [3.63, 3.8) is 0 Å². The minimum absolute atomic E-state index is 0.0261. The van der Waals surface area contributed by atoms with Gasteiger partial charge >= 0.3 is 11.8 Å². The molecule has 28 heavy (non-hydrogen) atoms. The fourth-order valence-corrected chi connectivity index (χ4v) is 2.61. The normalized spacial score (nSPS) is 11.3. The van der Waals surface area contributed by atoms with Gasteiger partial charge in [-0.25, -0.2) is 10.1 Å². The van der Waals surface area contributed by atoms with Crippen LogP contribution in [0.1, 0.15) is 18.4 Å². The maximum atomic E-state index is 12.7. The van der Waals surface area contributed by atoms with E-state index in [2.05, 4.69) is 15.8 Å². The topological polar surface area (TPSA) is 111 Å². The number of para-hydroxylation sites is 1. The molecule has 2 N–H and O–H groups in total. The van der Waals surface area contributed by atoms with Crippen molar-refractivity contribution in [2.45, 2.75) is 13.8 Å². The van der Waals surface area contributed by atoms with Crippen LogP contribution in [0.2, 0.25) is 0 Å². The molecule has 0 saturated heterocycles. The van der Waals surface area contributed by atoms with Gasteiger partial charge in [0.15, 0.2) is 0 Å². The summed E-state index contributed by atoms with van der Waals surface area (Å²) >= 11 is 0. The van der Waals surface area contributed by atoms with E-state index in [0.29, 0.717) is 22.9 Å². The number of aromatic nitrogens is 2. The second-order valence-electron chi connectivity index (χ2n) is 6.01. The van der Waals surface area contributed by atoms with E-state index in [1.54, 1.807) is 62.0 Å². The molecule has 0 radical (unpaired) electrons. The molecular formula is C19H19N5O4. The molecule has 9 heteroatoms. The van der Waals surface area contributed by atoms with Gasteiger partial charge in [-0.1, -0.05) is 18.2 Å². The average molecular weight is 381 g/mol. The number of carbonyl (C=O) groups excluding carboxylic acids is 2. The lowest BCUT2D eigenvalue weighted by molar-refractivity contribution is -0.136. The van der Waals surface area contributed by atoms with Gasteiger partial charge in [0, 0.05) is 7.05 Å². The zero-order valence-electron chi connectivity index (χ0n) is 15.6. The predicted octanol–water partition coefficient (Wildman–Crippen LogP) is 1.56. The number of furan rings is 1. The largest absolute Gasteiger partial charge is 0.463 e. The quantitative estimate of drug-likeness (QED) is 0.406. The first-order chi connectivity index (χ1) is 13.4. The molecule has 0 aliphatic heterocycles. The number of hydrazone groups is 1. The number of rotatable bonds is 4. The third-order valence-electron chi connectivity index (χ3n) is 4.20. The number of benzene rings is 1. The van der Waals surface area contributed by atoms with E-state index in [0.717, 1.165) is 0 Å². The molecule has 2 heterocycles. The summed E-state index contributed by atoms with van der Waals surface area (Å²) < 4.78 is 8.15. The zero-order chi connectivity index (χ0) is 20.3. The van der Waals surface area contributed by atoms with Crippen molar-refractivity contribution in [3.8, 4) is 5.69 Å². The highest BCUT2D eigenvalue weighted by Gasteiger charge is 2.21. The molecule has 3 rings (SSSR count). The Morgan fingerprint density at radius 2 is 1.79 bits per heavy atom. The molecule has 0 unspecified atom stereocenters. The molecule has 2 aromatic heterocycles. The monoisotopic (exact) mass is 381 g/mol. The number of nitrogens with zero attached hydrogens (tertiary/aromatic N) is 3. The summed E-state index contributed by atoms with van der Waals surface area (Å²) in [6.07, 6.45) is 1.47. The molecule has 0 saturated carbocycles. The summed E-state index contributed by atoms with van der Waals surface area (Å²) in [5.74, 6) is -1.54. The van der Waals surface area contributed by atoms with Crippen LogP contribution in [0.5, 0.6) is 0 Å². The van der Waals surface area contributed by atoms with Crippen LogP contribution in [-0.2, 0) is 16.6 Å². The van der Waals surface area contributed by atoms with E-state index >= 15 is 0 Å². The van der Waals surface area contributed by atoms with Gasteiger partial charge in [0.2, 0.25) is 0 Å². The van der Waals surface area contributed by atoms with Gasteiger partial charge in [0.1, 0.15) is 17.2 Å². The van der Waals surface area contributed by atoms with Gasteiger partial charge in [-0.2, -0.15) is 5.10 Å². The van der Waals surface area contributed by atoms with E-state index in [9.17, 15) is 14.4 Å². The van der Waals surface area contributed by atoms with E-state index in [-0.39, 0.29) is 5.69 Å². The minimum Gasteiger partial charge on any atom is -0.463 e. The Morgan fingerprint density at radius 3 is 2.43 bits per heavy atom. The first-order valence-corrected chi connectivity index (χ1v) is 8.43. The molecule has 9 nitrogen and oxygen atoms in total. The van der Waals surface area contributed by atoms with Gasteiger partial charge in [-0.15, -0.1) is 0 Å². The fraction of sp³-hybridized carbons (Fsp3) is 0.158. The molecule has 0 bridgehead atoms. The van der Waals surface area contributed by atoms with E-state index in [4.69, 9.17) is 4.42 Å². The van der Waals surface area contributed by atoms with Crippen molar-refractivity contribution in [1.82, 2.24) is 14.8 Å². The molecule has 0 aliphatic rings. The van der Waals surface area contributed by atoms with E-state index < -0.39 is 17.4 Å². The second-order valence-corrected chi connectivity index (χ2v) is 6.01. The Bertz CT molecular complexity index is 1090. The summed E-state index contributed by atoms with van der Waals surface area (Å²) in [6, 6.07) is 12.3. The molecule has 144 valence electrons. The number of hydrogen-bond acceptors (Lipinski definition) is 5. The van der Waals surface area contributed by atoms with Gasteiger partial charge in [-0.05, 0) is 38.1 Å². The third-order valence-corrected chi connectivity index (χ3v) is 4.20. The smallest absolute Gasteiger partial charge is 0.329 e. The number of carbonyl (C=O) groups is 2. The van der Waals surface area contributed by atoms with Crippen molar-refractivity contribution in [2.75, 3.05) is 5.32 Å². The highest BCUT2D eigenvalue weighted by atomic mass is 16.3. The average Bonchev–Trinajstić information content (AvgIpc) is 3.30. The van der Waals surface area contributed by atoms with Gasteiger partial charge in [0.25, 0.3) is 5.56 Å². The van der Waals surface area contributed by atoms with Crippen LogP contribution in [0.15, 0.2) is 63.0 Å². The Kier molecular flexibility index (Phi) is 5.25.